The molecule has 0 atom stereocenters. The van der Waals surface area contributed by atoms with E-state index in [0.717, 1.165) is 31.6 Å². The summed E-state index contributed by atoms with van der Waals surface area (Å²) in [6.07, 6.45) is 6.40. The van der Waals surface area contributed by atoms with E-state index in [2.05, 4.69) is 20.6 Å². The Morgan fingerprint density at radius 3 is 3.00 bits per heavy atom. The largest absolute Gasteiger partial charge is 0.481 e. The van der Waals surface area contributed by atoms with Crippen LogP contribution >= 0.6 is 0 Å². The number of aryl methyl sites for hydroxylation is 1. The zero-order valence-electron chi connectivity index (χ0n) is 10.4. The van der Waals surface area contributed by atoms with Gasteiger partial charge in [0.1, 0.15) is 0 Å². The highest BCUT2D eigenvalue weighted by Gasteiger charge is 1.96. The molecule has 0 bridgehead atoms. The molecule has 0 unspecified atom stereocenters. The molecule has 6 nitrogen and oxygen atoms in total. The third-order valence-corrected chi connectivity index (χ3v) is 2.55. The van der Waals surface area contributed by atoms with Crippen molar-refractivity contribution >= 4 is 0 Å². The van der Waals surface area contributed by atoms with E-state index >= 15 is 0 Å². The molecule has 96 valence electrons. The Hall–Kier alpha value is -1.95. The Bertz CT molecular complexity index is 440. The van der Waals surface area contributed by atoms with Crippen LogP contribution in [-0.4, -0.2) is 33.6 Å². The molecular formula is C12H17N5O. The van der Waals surface area contributed by atoms with E-state index in [1.54, 1.807) is 13.3 Å². The standard InChI is InChI=1S/C12H17N5O/c1-18-12-4-3-11(10-14-12)9-13-5-2-7-17-8-6-15-16-17/h3-4,6,8,10,13H,2,5,7,9H2,1H3. The molecule has 2 heterocycles. The molecule has 2 aromatic rings. The van der Waals surface area contributed by atoms with E-state index in [0.29, 0.717) is 5.88 Å². The number of aromatic nitrogens is 4. The lowest BCUT2D eigenvalue weighted by atomic mass is 10.3. The van der Waals surface area contributed by atoms with Gasteiger partial charge in [0.25, 0.3) is 0 Å². The molecule has 0 aromatic carbocycles. The fourth-order valence-electron chi connectivity index (χ4n) is 1.59. The molecule has 0 aliphatic rings. The first-order chi connectivity index (χ1) is 8.88. The average Bonchev–Trinajstić information content (AvgIpc) is 2.92. The number of nitrogens with zero attached hydrogens (tertiary/aromatic N) is 4. The van der Waals surface area contributed by atoms with Crippen molar-refractivity contribution in [2.45, 2.75) is 19.5 Å². The summed E-state index contributed by atoms with van der Waals surface area (Å²) in [6.45, 7) is 2.63. The van der Waals surface area contributed by atoms with Gasteiger partial charge in [0.15, 0.2) is 0 Å². The van der Waals surface area contributed by atoms with Crippen LogP contribution in [0.15, 0.2) is 30.7 Å². The van der Waals surface area contributed by atoms with Crippen LogP contribution in [0.4, 0.5) is 0 Å². The molecule has 0 fully saturated rings. The second-order valence-electron chi connectivity index (χ2n) is 3.91. The first-order valence-electron chi connectivity index (χ1n) is 5.92. The number of rotatable bonds is 7. The SMILES string of the molecule is COc1ccc(CNCCCn2ccnn2)cn1. The molecular weight excluding hydrogens is 230 g/mol. The van der Waals surface area contributed by atoms with Gasteiger partial charge in [0.05, 0.1) is 13.3 Å². The highest BCUT2D eigenvalue weighted by atomic mass is 16.5. The van der Waals surface area contributed by atoms with Gasteiger partial charge in [-0.1, -0.05) is 11.3 Å². The first-order valence-corrected chi connectivity index (χ1v) is 5.92. The minimum atomic E-state index is 0.643. The zero-order chi connectivity index (χ0) is 12.6. The van der Waals surface area contributed by atoms with Crippen LogP contribution < -0.4 is 10.1 Å². The van der Waals surface area contributed by atoms with Gasteiger partial charge >= 0.3 is 0 Å². The van der Waals surface area contributed by atoms with Gasteiger partial charge in [0, 0.05) is 31.5 Å². The highest BCUT2D eigenvalue weighted by molar-refractivity contribution is 5.17. The van der Waals surface area contributed by atoms with Crippen LogP contribution in [0.2, 0.25) is 0 Å². The molecule has 0 saturated carbocycles. The minimum absolute atomic E-state index is 0.643. The Kier molecular flexibility index (Phi) is 4.66. The van der Waals surface area contributed by atoms with Gasteiger partial charge in [-0.3, -0.25) is 4.68 Å². The summed E-state index contributed by atoms with van der Waals surface area (Å²) >= 11 is 0. The predicted molar refractivity (Wildman–Crippen MR) is 67.1 cm³/mol. The van der Waals surface area contributed by atoms with Gasteiger partial charge < -0.3 is 10.1 Å². The number of hydrogen-bond acceptors (Lipinski definition) is 5. The van der Waals surface area contributed by atoms with Gasteiger partial charge in [-0.05, 0) is 18.5 Å². The van der Waals surface area contributed by atoms with Crippen molar-refractivity contribution in [3.63, 3.8) is 0 Å². The molecule has 2 aromatic heterocycles. The predicted octanol–water partition coefficient (Wildman–Crippen LogP) is 0.862. The van der Waals surface area contributed by atoms with Crippen molar-refractivity contribution in [1.82, 2.24) is 25.3 Å². The van der Waals surface area contributed by atoms with Crippen molar-refractivity contribution < 1.29 is 4.74 Å². The van der Waals surface area contributed by atoms with Crippen molar-refractivity contribution in [3.05, 3.63) is 36.3 Å². The molecule has 0 aliphatic carbocycles. The lowest BCUT2D eigenvalue weighted by Gasteiger charge is -2.05. The third kappa shape index (κ3) is 3.81. The average molecular weight is 247 g/mol. The van der Waals surface area contributed by atoms with Crippen molar-refractivity contribution in [2.24, 2.45) is 0 Å². The second-order valence-corrected chi connectivity index (χ2v) is 3.91. The minimum Gasteiger partial charge on any atom is -0.481 e. The van der Waals surface area contributed by atoms with Gasteiger partial charge in [0.2, 0.25) is 5.88 Å². The molecule has 2 rings (SSSR count). The topological polar surface area (TPSA) is 64.9 Å². The van der Waals surface area contributed by atoms with Crippen LogP contribution in [-0.2, 0) is 13.1 Å². The number of pyridine rings is 1. The van der Waals surface area contributed by atoms with Gasteiger partial charge in [-0.2, -0.15) is 0 Å². The summed E-state index contributed by atoms with van der Waals surface area (Å²) in [7, 11) is 1.62. The van der Waals surface area contributed by atoms with Crippen molar-refractivity contribution in [1.29, 1.82) is 0 Å². The maximum Gasteiger partial charge on any atom is 0.212 e. The van der Waals surface area contributed by atoms with Crippen molar-refractivity contribution in [2.75, 3.05) is 13.7 Å². The normalized spacial score (nSPS) is 10.5. The first kappa shape index (κ1) is 12.5. The molecule has 1 N–H and O–H groups in total. The molecule has 0 aliphatic heterocycles. The van der Waals surface area contributed by atoms with Crippen LogP contribution in [0.1, 0.15) is 12.0 Å². The number of nitrogens with one attached hydrogen (secondary N) is 1. The summed E-state index contributed by atoms with van der Waals surface area (Å²) in [5, 5.41) is 11.0. The lowest BCUT2D eigenvalue weighted by Crippen LogP contribution is -2.16. The number of methoxy groups -OCH3 is 1. The summed E-state index contributed by atoms with van der Waals surface area (Å²) in [5.74, 6) is 0.643. The fraction of sp³-hybridized carbons (Fsp3) is 0.417. The van der Waals surface area contributed by atoms with Gasteiger partial charge in [-0.25, -0.2) is 4.98 Å². The van der Waals surface area contributed by atoms with E-state index in [9.17, 15) is 0 Å². The summed E-state index contributed by atoms with van der Waals surface area (Å²) in [5.41, 5.74) is 1.15. The van der Waals surface area contributed by atoms with E-state index < -0.39 is 0 Å². The molecule has 0 spiro atoms. The van der Waals surface area contributed by atoms with Crippen LogP contribution in [0.3, 0.4) is 0 Å². The monoisotopic (exact) mass is 247 g/mol. The third-order valence-electron chi connectivity index (χ3n) is 2.55. The summed E-state index contributed by atoms with van der Waals surface area (Å²) < 4.78 is 6.84. The Labute approximate surface area is 106 Å². The molecule has 18 heavy (non-hydrogen) atoms. The molecule has 0 amide bonds. The second kappa shape index (κ2) is 6.70. The van der Waals surface area contributed by atoms with Crippen LogP contribution in [0.25, 0.3) is 0 Å². The van der Waals surface area contributed by atoms with Crippen molar-refractivity contribution in [3.8, 4) is 5.88 Å². The highest BCUT2D eigenvalue weighted by Crippen LogP contribution is 2.06. The number of hydrogen-bond donors (Lipinski definition) is 1. The number of ether oxygens (including phenoxy) is 1. The molecule has 6 heteroatoms. The Morgan fingerprint density at radius 2 is 2.33 bits per heavy atom. The Balaban J connectivity index is 1.62. The molecule has 0 radical (unpaired) electrons. The summed E-state index contributed by atoms with van der Waals surface area (Å²) in [6, 6.07) is 3.88. The van der Waals surface area contributed by atoms with E-state index in [1.807, 2.05) is 29.2 Å². The maximum absolute atomic E-state index is 5.01. The quantitative estimate of drug-likeness (QED) is 0.735. The Morgan fingerprint density at radius 1 is 1.39 bits per heavy atom. The van der Waals surface area contributed by atoms with E-state index in [1.165, 1.54) is 0 Å². The van der Waals surface area contributed by atoms with E-state index in [4.69, 9.17) is 4.74 Å². The smallest absolute Gasteiger partial charge is 0.212 e. The van der Waals surface area contributed by atoms with Crippen LogP contribution in [0, 0.1) is 0 Å². The van der Waals surface area contributed by atoms with E-state index in [-0.39, 0.29) is 0 Å². The molecule has 0 saturated heterocycles. The van der Waals surface area contributed by atoms with Crippen LogP contribution in [0.5, 0.6) is 5.88 Å². The maximum atomic E-state index is 5.01. The zero-order valence-corrected chi connectivity index (χ0v) is 10.4. The lowest BCUT2D eigenvalue weighted by molar-refractivity contribution is 0.397. The van der Waals surface area contributed by atoms with Gasteiger partial charge in [-0.15, -0.1) is 5.10 Å². The summed E-state index contributed by atoms with van der Waals surface area (Å²) in [4.78, 5) is 4.15. The fourth-order valence-corrected chi connectivity index (χ4v) is 1.59.